The molecule has 11 heteroatoms. The number of hydrogen-bond donors (Lipinski definition) is 2. The normalized spacial score (nSPS) is 11.3. The summed E-state index contributed by atoms with van der Waals surface area (Å²) in [6, 6.07) is 18.0. The largest absolute Gasteiger partial charge is 0.462 e. The number of ether oxygens (including phenoxy) is 1. The number of nitrogens with one attached hydrogen (secondary N) is 2. The Morgan fingerprint density at radius 3 is 2.55 bits per heavy atom. The maximum Gasteiger partial charge on any atom is 0.338 e. The van der Waals surface area contributed by atoms with Gasteiger partial charge in [-0.1, -0.05) is 24.3 Å². The third-order valence-corrected chi connectivity index (χ3v) is 6.99. The number of aromatic nitrogens is 3. The summed E-state index contributed by atoms with van der Waals surface area (Å²) in [7, 11) is -3.39. The van der Waals surface area contributed by atoms with Gasteiger partial charge in [0.1, 0.15) is 0 Å². The van der Waals surface area contributed by atoms with Crippen LogP contribution in [0.2, 0.25) is 0 Å². The van der Waals surface area contributed by atoms with Gasteiger partial charge in [-0.2, -0.15) is 0 Å². The molecule has 2 N–H and O–H groups in total. The van der Waals surface area contributed by atoms with Crippen LogP contribution in [0, 0.1) is 0 Å². The first kappa shape index (κ1) is 25.3. The number of benzene rings is 2. The molecule has 2 aromatic carbocycles. The van der Waals surface area contributed by atoms with Gasteiger partial charge in [-0.3, -0.25) is 9.71 Å². The Morgan fingerprint density at radius 1 is 0.974 bits per heavy atom. The number of rotatable bonds is 8. The highest BCUT2D eigenvalue weighted by Crippen LogP contribution is 2.34. The van der Waals surface area contributed by atoms with Gasteiger partial charge in [-0.25, -0.2) is 23.2 Å². The lowest BCUT2D eigenvalue weighted by atomic mass is 10.1. The highest BCUT2D eigenvalue weighted by Gasteiger charge is 2.12. The Morgan fingerprint density at radius 2 is 1.79 bits per heavy atom. The number of hydrogen-bond acceptors (Lipinski definition) is 9. The van der Waals surface area contributed by atoms with Gasteiger partial charge in [0.15, 0.2) is 0 Å². The molecule has 0 saturated carbocycles. The summed E-state index contributed by atoms with van der Waals surface area (Å²) in [5, 5.41) is 5.16. The van der Waals surface area contributed by atoms with Crippen LogP contribution >= 0.6 is 11.3 Å². The van der Waals surface area contributed by atoms with Gasteiger partial charge in [0, 0.05) is 22.2 Å². The number of nitrogens with zero attached hydrogens (tertiary/aromatic N) is 3. The molecule has 0 unspecified atom stereocenters. The van der Waals surface area contributed by atoms with Crippen molar-refractivity contribution in [2.75, 3.05) is 22.9 Å². The fourth-order valence-corrected chi connectivity index (χ4v) is 5.27. The van der Waals surface area contributed by atoms with Crippen LogP contribution in [-0.2, 0) is 14.8 Å². The van der Waals surface area contributed by atoms with Gasteiger partial charge < -0.3 is 10.1 Å². The van der Waals surface area contributed by atoms with Crippen LogP contribution in [0.15, 0.2) is 78.4 Å². The standard InChI is InChI=1S/C27H23N5O4S2/c1-3-36-26(33)19-8-4-7-18(12-19)23-11-10-21(14-28-23)30-27-29-15-24-25(31-27)22(16-37-24)17-6-5-9-20(13-17)32-38(2,34)35/h4-16,32H,3H2,1-2H3,(H,29,30,31). The van der Waals surface area contributed by atoms with Gasteiger partial charge in [-0.05, 0) is 48.9 Å². The van der Waals surface area contributed by atoms with Gasteiger partial charge in [0.05, 0.1) is 52.4 Å². The molecule has 3 heterocycles. The number of fused-ring (bicyclic) bond motifs is 1. The van der Waals surface area contributed by atoms with Gasteiger partial charge >= 0.3 is 5.97 Å². The molecule has 0 radical (unpaired) electrons. The summed E-state index contributed by atoms with van der Waals surface area (Å²) in [6.45, 7) is 2.09. The zero-order chi connectivity index (χ0) is 26.7. The number of sulfonamides is 1. The van der Waals surface area contributed by atoms with E-state index in [9.17, 15) is 13.2 Å². The lowest BCUT2D eigenvalue weighted by Crippen LogP contribution is -2.09. The minimum Gasteiger partial charge on any atom is -0.462 e. The average molecular weight is 546 g/mol. The van der Waals surface area contributed by atoms with Crippen molar-refractivity contribution >= 4 is 54.9 Å². The zero-order valence-corrected chi connectivity index (χ0v) is 22.1. The van der Waals surface area contributed by atoms with E-state index in [-0.39, 0.29) is 5.97 Å². The molecule has 38 heavy (non-hydrogen) atoms. The average Bonchev–Trinajstić information content (AvgIpc) is 3.32. The minimum absolute atomic E-state index is 0.315. The van der Waals surface area contributed by atoms with Crippen molar-refractivity contribution in [1.82, 2.24) is 15.0 Å². The van der Waals surface area contributed by atoms with Crippen molar-refractivity contribution in [3.05, 3.63) is 84.0 Å². The number of carbonyl (C=O) groups excluding carboxylic acids is 1. The van der Waals surface area contributed by atoms with E-state index in [1.54, 1.807) is 55.7 Å². The summed E-state index contributed by atoms with van der Waals surface area (Å²) in [6.07, 6.45) is 4.54. The Hall–Kier alpha value is -4.35. The Kier molecular flexibility index (Phi) is 7.03. The first-order chi connectivity index (χ1) is 18.3. The molecule has 0 fully saturated rings. The SMILES string of the molecule is CCOC(=O)c1cccc(-c2ccc(Nc3ncc4scc(-c5cccc(NS(C)(=O)=O)c5)c4n3)cn2)c1. The van der Waals surface area contributed by atoms with Crippen LogP contribution in [0.5, 0.6) is 0 Å². The fraction of sp³-hybridized carbons (Fsp3) is 0.111. The summed E-state index contributed by atoms with van der Waals surface area (Å²) >= 11 is 1.51. The van der Waals surface area contributed by atoms with Crippen molar-refractivity contribution in [3.8, 4) is 22.4 Å². The highest BCUT2D eigenvalue weighted by molar-refractivity contribution is 7.92. The van der Waals surface area contributed by atoms with Crippen LogP contribution in [-0.4, -0.2) is 42.2 Å². The van der Waals surface area contributed by atoms with E-state index in [2.05, 4.69) is 20.0 Å². The Bertz CT molecular complexity index is 1730. The predicted octanol–water partition coefficient (Wildman–Crippen LogP) is 5.71. The molecule has 5 rings (SSSR count). The topological polar surface area (TPSA) is 123 Å². The molecule has 5 aromatic rings. The smallest absolute Gasteiger partial charge is 0.338 e. The third kappa shape index (κ3) is 5.79. The molecular weight excluding hydrogens is 522 g/mol. The second-order valence-electron chi connectivity index (χ2n) is 8.37. The molecule has 0 aliphatic rings. The maximum absolute atomic E-state index is 12.1. The summed E-state index contributed by atoms with van der Waals surface area (Å²) in [4.78, 5) is 25.7. The quantitative estimate of drug-likeness (QED) is 0.238. The molecule has 9 nitrogen and oxygen atoms in total. The fourth-order valence-electron chi connectivity index (χ4n) is 3.85. The monoisotopic (exact) mass is 545 g/mol. The maximum atomic E-state index is 12.1. The zero-order valence-electron chi connectivity index (χ0n) is 20.5. The van der Waals surface area contributed by atoms with Gasteiger partial charge in [0.2, 0.25) is 16.0 Å². The molecule has 0 aliphatic carbocycles. The summed E-state index contributed by atoms with van der Waals surface area (Å²) in [5.41, 5.74) is 5.63. The number of thiophene rings is 1. The summed E-state index contributed by atoms with van der Waals surface area (Å²) in [5.74, 6) is 0.0350. The van der Waals surface area contributed by atoms with E-state index in [0.717, 1.165) is 33.2 Å². The molecule has 0 atom stereocenters. The minimum atomic E-state index is -3.39. The van der Waals surface area contributed by atoms with E-state index in [0.29, 0.717) is 35.2 Å². The van der Waals surface area contributed by atoms with Crippen LogP contribution < -0.4 is 10.0 Å². The summed E-state index contributed by atoms with van der Waals surface area (Å²) < 4.78 is 31.8. The number of anilines is 3. The van der Waals surface area contributed by atoms with Crippen LogP contribution in [0.25, 0.3) is 32.6 Å². The number of pyridine rings is 1. The van der Waals surface area contributed by atoms with Crippen molar-refractivity contribution < 1.29 is 17.9 Å². The molecule has 0 saturated heterocycles. The highest BCUT2D eigenvalue weighted by atomic mass is 32.2. The molecule has 192 valence electrons. The van der Waals surface area contributed by atoms with E-state index in [1.165, 1.54) is 11.3 Å². The molecule has 3 aromatic heterocycles. The van der Waals surface area contributed by atoms with E-state index < -0.39 is 10.0 Å². The molecule has 0 spiro atoms. The first-order valence-corrected chi connectivity index (χ1v) is 14.4. The lowest BCUT2D eigenvalue weighted by Gasteiger charge is -2.08. The molecule has 0 amide bonds. The van der Waals surface area contributed by atoms with Crippen LogP contribution in [0.4, 0.5) is 17.3 Å². The predicted molar refractivity (Wildman–Crippen MR) is 150 cm³/mol. The molecule has 0 bridgehead atoms. The van der Waals surface area contributed by atoms with E-state index in [4.69, 9.17) is 9.72 Å². The number of esters is 1. The van der Waals surface area contributed by atoms with Crippen molar-refractivity contribution in [2.45, 2.75) is 6.92 Å². The lowest BCUT2D eigenvalue weighted by molar-refractivity contribution is 0.0526. The van der Waals surface area contributed by atoms with Crippen LogP contribution in [0.1, 0.15) is 17.3 Å². The number of carbonyl (C=O) groups is 1. The Labute approximate surface area is 223 Å². The van der Waals surface area contributed by atoms with Crippen molar-refractivity contribution in [3.63, 3.8) is 0 Å². The molecule has 0 aliphatic heterocycles. The first-order valence-electron chi connectivity index (χ1n) is 11.6. The second kappa shape index (κ2) is 10.6. The van der Waals surface area contributed by atoms with E-state index >= 15 is 0 Å². The van der Waals surface area contributed by atoms with Gasteiger partial charge in [-0.15, -0.1) is 11.3 Å². The van der Waals surface area contributed by atoms with Crippen molar-refractivity contribution in [2.24, 2.45) is 0 Å². The van der Waals surface area contributed by atoms with Gasteiger partial charge in [0.25, 0.3) is 0 Å². The second-order valence-corrected chi connectivity index (χ2v) is 11.0. The third-order valence-electron chi connectivity index (χ3n) is 5.48. The molecular formula is C27H23N5O4S2. The van der Waals surface area contributed by atoms with Crippen molar-refractivity contribution in [1.29, 1.82) is 0 Å². The van der Waals surface area contributed by atoms with E-state index in [1.807, 2.05) is 29.6 Å². The van der Waals surface area contributed by atoms with Crippen LogP contribution in [0.3, 0.4) is 0 Å². The Balaban J connectivity index is 1.38.